The van der Waals surface area contributed by atoms with E-state index in [9.17, 15) is 10.1 Å². The molecule has 0 bridgehead atoms. The molecule has 166 valence electrons. The number of halogens is 3. The summed E-state index contributed by atoms with van der Waals surface area (Å²) >= 11 is 18.0. The summed E-state index contributed by atoms with van der Waals surface area (Å²) in [7, 11) is 0. The van der Waals surface area contributed by atoms with Crippen molar-refractivity contribution >= 4 is 40.8 Å². The number of nitrogens with two attached hydrogens (primary N) is 1. The quantitative estimate of drug-likeness (QED) is 0.348. The molecule has 1 atom stereocenters. The minimum atomic E-state index is -0.608. The lowest BCUT2D eigenvalue weighted by Crippen LogP contribution is -2.21. The van der Waals surface area contributed by atoms with Gasteiger partial charge in [-0.1, -0.05) is 46.9 Å². The van der Waals surface area contributed by atoms with Gasteiger partial charge in [-0.15, -0.1) is 0 Å². The zero-order chi connectivity index (χ0) is 23.5. The smallest absolute Gasteiger partial charge is 0.349 e. The van der Waals surface area contributed by atoms with Crippen LogP contribution in [0.3, 0.4) is 0 Å². The molecular formula is C24H15Cl3N2O4. The lowest BCUT2D eigenvalue weighted by atomic mass is 9.83. The predicted octanol–water partition coefficient (Wildman–Crippen LogP) is 5.85. The van der Waals surface area contributed by atoms with Crippen LogP contribution in [0.1, 0.15) is 17.0 Å². The van der Waals surface area contributed by atoms with Crippen molar-refractivity contribution in [1.29, 1.82) is 5.26 Å². The summed E-state index contributed by atoms with van der Waals surface area (Å²) in [6.45, 7) is -0.300. The molecule has 3 aromatic rings. The van der Waals surface area contributed by atoms with Gasteiger partial charge in [0.15, 0.2) is 6.61 Å². The summed E-state index contributed by atoms with van der Waals surface area (Å²) in [6.07, 6.45) is 0. The second kappa shape index (κ2) is 9.63. The molecule has 0 fully saturated rings. The Labute approximate surface area is 204 Å². The Balaban J connectivity index is 1.56. The highest BCUT2D eigenvalue weighted by molar-refractivity contribution is 6.42. The number of fused-ring (bicyclic) bond motifs is 1. The van der Waals surface area contributed by atoms with Crippen LogP contribution in [0.15, 0.2) is 72.1 Å². The van der Waals surface area contributed by atoms with E-state index in [1.807, 2.05) is 0 Å². The molecule has 1 aliphatic rings. The standard InChI is InChI=1S/C24H15Cl3N2O4/c25-14-2-4-15(5-3-14)31-12-22(30)32-16-6-7-17-21(10-16)33-24(29)18(11-28)23(17)13-1-8-19(26)20(27)9-13/h1-10,23H,12,29H2. The zero-order valence-corrected chi connectivity index (χ0v) is 19.1. The van der Waals surface area contributed by atoms with Gasteiger partial charge in [-0.05, 0) is 48.0 Å². The second-order valence-corrected chi connectivity index (χ2v) is 8.27. The van der Waals surface area contributed by atoms with Gasteiger partial charge in [-0.2, -0.15) is 5.26 Å². The number of hydrogen-bond donors (Lipinski definition) is 1. The van der Waals surface area contributed by atoms with Gasteiger partial charge >= 0.3 is 5.97 Å². The molecule has 3 aromatic carbocycles. The van der Waals surface area contributed by atoms with E-state index in [0.717, 1.165) is 5.56 Å². The Morgan fingerprint density at radius 1 is 1.00 bits per heavy atom. The zero-order valence-electron chi connectivity index (χ0n) is 16.8. The maximum Gasteiger partial charge on any atom is 0.349 e. The van der Waals surface area contributed by atoms with E-state index in [-0.39, 0.29) is 23.8 Å². The van der Waals surface area contributed by atoms with E-state index >= 15 is 0 Å². The summed E-state index contributed by atoms with van der Waals surface area (Å²) in [5, 5.41) is 11.0. The van der Waals surface area contributed by atoms with E-state index in [1.165, 1.54) is 6.07 Å². The summed E-state index contributed by atoms with van der Waals surface area (Å²) in [5.41, 5.74) is 7.63. The number of carbonyl (C=O) groups is 1. The Bertz CT molecular complexity index is 1300. The molecule has 2 N–H and O–H groups in total. The predicted molar refractivity (Wildman–Crippen MR) is 125 cm³/mol. The van der Waals surface area contributed by atoms with Gasteiger partial charge in [0, 0.05) is 16.7 Å². The fourth-order valence-corrected chi connectivity index (χ4v) is 3.80. The molecule has 1 unspecified atom stereocenters. The Morgan fingerprint density at radius 2 is 1.73 bits per heavy atom. The molecule has 1 aliphatic heterocycles. The van der Waals surface area contributed by atoms with Crippen LogP contribution in [-0.2, 0) is 4.79 Å². The fourth-order valence-electron chi connectivity index (χ4n) is 3.37. The monoisotopic (exact) mass is 500 g/mol. The highest BCUT2D eigenvalue weighted by Crippen LogP contribution is 2.44. The van der Waals surface area contributed by atoms with Gasteiger partial charge in [0.1, 0.15) is 28.9 Å². The van der Waals surface area contributed by atoms with Crippen molar-refractivity contribution in [1.82, 2.24) is 0 Å². The molecule has 0 aromatic heterocycles. The number of rotatable bonds is 5. The first-order valence-electron chi connectivity index (χ1n) is 9.61. The normalized spacial score (nSPS) is 14.7. The number of nitrogens with zero attached hydrogens (tertiary/aromatic N) is 1. The minimum absolute atomic E-state index is 0.0457. The third-order valence-corrected chi connectivity index (χ3v) is 5.86. The number of carbonyl (C=O) groups excluding carboxylic acids is 1. The van der Waals surface area contributed by atoms with Gasteiger partial charge in [-0.3, -0.25) is 0 Å². The molecule has 6 nitrogen and oxygen atoms in total. The Hall–Kier alpha value is -3.37. The van der Waals surface area contributed by atoms with Crippen LogP contribution in [0.2, 0.25) is 15.1 Å². The number of ether oxygens (including phenoxy) is 3. The van der Waals surface area contributed by atoms with E-state index < -0.39 is 11.9 Å². The summed E-state index contributed by atoms with van der Waals surface area (Å²) in [4.78, 5) is 12.2. The average molecular weight is 502 g/mol. The summed E-state index contributed by atoms with van der Waals surface area (Å²) < 4.78 is 16.4. The molecule has 9 heteroatoms. The van der Waals surface area contributed by atoms with Crippen LogP contribution in [-0.4, -0.2) is 12.6 Å². The lowest BCUT2D eigenvalue weighted by Gasteiger charge is -2.27. The van der Waals surface area contributed by atoms with Gasteiger partial charge < -0.3 is 19.9 Å². The van der Waals surface area contributed by atoms with Crippen molar-refractivity contribution in [3.63, 3.8) is 0 Å². The topological polar surface area (TPSA) is 94.6 Å². The van der Waals surface area contributed by atoms with Crippen LogP contribution in [0.5, 0.6) is 17.2 Å². The molecule has 0 radical (unpaired) electrons. The molecule has 0 saturated heterocycles. The number of hydrogen-bond acceptors (Lipinski definition) is 6. The van der Waals surface area contributed by atoms with Crippen LogP contribution in [0.4, 0.5) is 0 Å². The van der Waals surface area contributed by atoms with Crippen LogP contribution < -0.4 is 19.9 Å². The Morgan fingerprint density at radius 3 is 2.42 bits per heavy atom. The summed E-state index contributed by atoms with van der Waals surface area (Å²) in [5.74, 6) is -0.104. The van der Waals surface area contributed by atoms with Gasteiger partial charge in [0.05, 0.1) is 16.0 Å². The third-order valence-electron chi connectivity index (χ3n) is 4.87. The molecule has 0 saturated carbocycles. The highest BCUT2D eigenvalue weighted by Gasteiger charge is 2.31. The SMILES string of the molecule is N#CC1=C(N)Oc2cc(OC(=O)COc3ccc(Cl)cc3)ccc2C1c1ccc(Cl)c(Cl)c1. The van der Waals surface area contributed by atoms with Gasteiger partial charge in [0.2, 0.25) is 5.88 Å². The van der Waals surface area contributed by atoms with E-state index in [1.54, 1.807) is 54.6 Å². The molecule has 0 aliphatic carbocycles. The first kappa shape index (κ1) is 22.8. The molecule has 4 rings (SSSR count). The van der Waals surface area contributed by atoms with Crippen LogP contribution >= 0.6 is 34.8 Å². The van der Waals surface area contributed by atoms with E-state index in [4.69, 9.17) is 54.7 Å². The number of benzene rings is 3. The first-order chi connectivity index (χ1) is 15.9. The lowest BCUT2D eigenvalue weighted by molar-refractivity contribution is -0.136. The van der Waals surface area contributed by atoms with Crippen molar-refractivity contribution in [3.8, 4) is 23.3 Å². The van der Waals surface area contributed by atoms with Gasteiger partial charge in [-0.25, -0.2) is 4.79 Å². The first-order valence-corrected chi connectivity index (χ1v) is 10.7. The molecule has 0 spiro atoms. The van der Waals surface area contributed by atoms with Crippen LogP contribution in [0.25, 0.3) is 0 Å². The fraction of sp³-hybridized carbons (Fsp3) is 0.0833. The van der Waals surface area contributed by atoms with Crippen LogP contribution in [0, 0.1) is 11.3 Å². The number of nitriles is 1. The minimum Gasteiger partial charge on any atom is -0.482 e. The Kier molecular flexibility index (Phi) is 6.66. The molecule has 33 heavy (non-hydrogen) atoms. The van der Waals surface area contributed by atoms with Crippen molar-refractivity contribution in [2.45, 2.75) is 5.92 Å². The maximum absolute atomic E-state index is 12.2. The second-order valence-electron chi connectivity index (χ2n) is 7.01. The largest absolute Gasteiger partial charge is 0.482 e. The molecule has 1 heterocycles. The van der Waals surface area contributed by atoms with Crippen molar-refractivity contribution in [2.24, 2.45) is 5.73 Å². The van der Waals surface area contributed by atoms with Gasteiger partial charge in [0.25, 0.3) is 0 Å². The highest BCUT2D eigenvalue weighted by atomic mass is 35.5. The van der Waals surface area contributed by atoms with Crippen molar-refractivity contribution in [2.75, 3.05) is 6.61 Å². The van der Waals surface area contributed by atoms with E-state index in [0.29, 0.717) is 32.1 Å². The maximum atomic E-state index is 12.2. The molecule has 0 amide bonds. The average Bonchev–Trinajstić information content (AvgIpc) is 2.79. The summed E-state index contributed by atoms with van der Waals surface area (Å²) in [6, 6.07) is 18.6. The third kappa shape index (κ3) is 5.01. The van der Waals surface area contributed by atoms with E-state index in [2.05, 4.69) is 6.07 Å². The molecular weight excluding hydrogens is 487 g/mol. The van der Waals surface area contributed by atoms with Crippen molar-refractivity contribution in [3.05, 3.63) is 98.3 Å². The number of esters is 1. The number of allylic oxidation sites excluding steroid dienone is 1. The van der Waals surface area contributed by atoms with Crippen molar-refractivity contribution < 1.29 is 19.0 Å².